The smallest absolute Gasteiger partial charge is 0.326 e. The van der Waals surface area contributed by atoms with Crippen molar-refractivity contribution in [3.63, 3.8) is 0 Å². The molecule has 19 heavy (non-hydrogen) atoms. The average molecular weight is 274 g/mol. The molecule has 2 atom stereocenters. The molecule has 0 spiro atoms. The van der Waals surface area contributed by atoms with E-state index in [1.54, 1.807) is 6.92 Å². The van der Waals surface area contributed by atoms with Crippen LogP contribution in [0.2, 0.25) is 0 Å². The summed E-state index contributed by atoms with van der Waals surface area (Å²) in [4.78, 5) is 33.9. The fourth-order valence-electron chi connectivity index (χ4n) is 1.58. The molecule has 7 heteroatoms. The Labute approximate surface area is 112 Å². The van der Waals surface area contributed by atoms with E-state index in [9.17, 15) is 14.4 Å². The molecule has 0 aromatic carbocycles. The second-order valence-corrected chi connectivity index (χ2v) is 4.65. The van der Waals surface area contributed by atoms with Crippen LogP contribution in [0, 0.1) is 0 Å². The highest BCUT2D eigenvalue weighted by Crippen LogP contribution is 2.10. The first-order chi connectivity index (χ1) is 8.74. The number of carboxylic acid groups (broad SMARTS) is 1. The maximum Gasteiger partial charge on any atom is 0.326 e. The Hall–Kier alpha value is -1.63. The van der Waals surface area contributed by atoms with Crippen molar-refractivity contribution in [1.82, 2.24) is 5.32 Å². The van der Waals surface area contributed by atoms with Crippen LogP contribution in [0.25, 0.3) is 0 Å². The van der Waals surface area contributed by atoms with E-state index in [4.69, 9.17) is 10.8 Å². The van der Waals surface area contributed by atoms with E-state index in [0.29, 0.717) is 12.8 Å². The van der Waals surface area contributed by atoms with E-state index in [2.05, 4.69) is 10.1 Å². The van der Waals surface area contributed by atoms with Crippen molar-refractivity contribution in [3.8, 4) is 0 Å². The standard InChI is InChI=1S/C12H22N2O5/c1-4-7-12(2,13)11(18)14-8(10(16)17)5-6-9(15)19-3/h8H,4-7,13H2,1-3H3,(H,14,18)(H,16,17). The number of hydrogen-bond donors (Lipinski definition) is 3. The highest BCUT2D eigenvalue weighted by atomic mass is 16.5. The van der Waals surface area contributed by atoms with Crippen LogP contribution in [0.3, 0.4) is 0 Å². The van der Waals surface area contributed by atoms with Gasteiger partial charge in [0.25, 0.3) is 0 Å². The number of esters is 1. The Kier molecular flexibility index (Phi) is 7.06. The van der Waals surface area contributed by atoms with E-state index in [1.807, 2.05) is 6.92 Å². The van der Waals surface area contributed by atoms with Gasteiger partial charge in [0.05, 0.1) is 12.6 Å². The molecule has 0 bridgehead atoms. The number of hydrogen-bond acceptors (Lipinski definition) is 5. The summed E-state index contributed by atoms with van der Waals surface area (Å²) in [5, 5.41) is 11.3. The number of methoxy groups -OCH3 is 1. The van der Waals surface area contributed by atoms with Crippen molar-refractivity contribution in [2.45, 2.75) is 51.1 Å². The summed E-state index contributed by atoms with van der Waals surface area (Å²) in [5.74, 6) is -2.26. The molecule has 0 aromatic rings. The zero-order valence-corrected chi connectivity index (χ0v) is 11.6. The third-order valence-corrected chi connectivity index (χ3v) is 2.76. The van der Waals surface area contributed by atoms with Crippen LogP contribution in [-0.2, 0) is 19.1 Å². The average Bonchev–Trinajstić information content (AvgIpc) is 2.32. The van der Waals surface area contributed by atoms with Crippen LogP contribution in [0.15, 0.2) is 0 Å². The number of ether oxygens (including phenoxy) is 1. The first-order valence-electron chi connectivity index (χ1n) is 6.14. The van der Waals surface area contributed by atoms with Crippen LogP contribution < -0.4 is 11.1 Å². The minimum Gasteiger partial charge on any atom is -0.480 e. The van der Waals surface area contributed by atoms with E-state index in [0.717, 1.165) is 0 Å². The summed E-state index contributed by atoms with van der Waals surface area (Å²) in [7, 11) is 1.22. The Morgan fingerprint density at radius 2 is 2.00 bits per heavy atom. The first-order valence-corrected chi connectivity index (χ1v) is 6.14. The van der Waals surface area contributed by atoms with Crippen LogP contribution >= 0.6 is 0 Å². The number of nitrogens with two attached hydrogens (primary N) is 1. The maximum atomic E-state index is 11.9. The molecule has 0 heterocycles. The Morgan fingerprint density at radius 1 is 1.42 bits per heavy atom. The predicted octanol–water partition coefficient (Wildman–Crippen LogP) is 0.0265. The van der Waals surface area contributed by atoms with E-state index < -0.39 is 29.4 Å². The van der Waals surface area contributed by atoms with Crippen LogP contribution in [-0.4, -0.2) is 41.6 Å². The molecule has 0 aromatic heterocycles. The zero-order chi connectivity index (χ0) is 15.1. The number of nitrogens with one attached hydrogen (secondary N) is 1. The molecule has 0 aliphatic carbocycles. The van der Waals surface area contributed by atoms with Crippen molar-refractivity contribution >= 4 is 17.8 Å². The van der Waals surface area contributed by atoms with E-state index in [1.165, 1.54) is 7.11 Å². The van der Waals surface area contributed by atoms with Gasteiger partial charge in [0, 0.05) is 6.42 Å². The Balaban J connectivity index is 4.54. The molecule has 110 valence electrons. The highest BCUT2D eigenvalue weighted by Gasteiger charge is 2.31. The quantitative estimate of drug-likeness (QED) is 0.537. The summed E-state index contributed by atoms with van der Waals surface area (Å²) < 4.78 is 4.42. The molecule has 7 nitrogen and oxygen atoms in total. The largest absolute Gasteiger partial charge is 0.480 e. The van der Waals surface area contributed by atoms with Crippen molar-refractivity contribution in [2.75, 3.05) is 7.11 Å². The molecule has 1 amide bonds. The molecule has 2 unspecified atom stereocenters. The molecule has 0 aliphatic heterocycles. The van der Waals surface area contributed by atoms with Crippen molar-refractivity contribution in [2.24, 2.45) is 5.73 Å². The molecule has 0 saturated heterocycles. The molecule has 0 aliphatic rings. The van der Waals surface area contributed by atoms with Gasteiger partial charge in [-0.15, -0.1) is 0 Å². The molecule has 0 rings (SSSR count). The lowest BCUT2D eigenvalue weighted by molar-refractivity contribution is -0.144. The Bertz CT molecular complexity index is 341. The van der Waals surface area contributed by atoms with Gasteiger partial charge >= 0.3 is 11.9 Å². The van der Waals surface area contributed by atoms with Gasteiger partial charge in [-0.1, -0.05) is 13.3 Å². The van der Waals surface area contributed by atoms with Gasteiger partial charge in [-0.25, -0.2) is 4.79 Å². The van der Waals surface area contributed by atoms with Gasteiger partial charge in [0.1, 0.15) is 6.04 Å². The molecular weight excluding hydrogens is 252 g/mol. The van der Waals surface area contributed by atoms with Crippen molar-refractivity contribution in [3.05, 3.63) is 0 Å². The van der Waals surface area contributed by atoms with E-state index >= 15 is 0 Å². The van der Waals surface area contributed by atoms with Crippen LogP contribution in [0.5, 0.6) is 0 Å². The fourth-order valence-corrected chi connectivity index (χ4v) is 1.58. The minimum atomic E-state index is -1.20. The zero-order valence-electron chi connectivity index (χ0n) is 11.6. The van der Waals surface area contributed by atoms with Gasteiger partial charge in [0.15, 0.2) is 0 Å². The van der Waals surface area contributed by atoms with Crippen molar-refractivity contribution in [1.29, 1.82) is 0 Å². The number of amides is 1. The molecule has 0 radical (unpaired) electrons. The van der Waals surface area contributed by atoms with Gasteiger partial charge in [-0.05, 0) is 19.8 Å². The number of carboxylic acids is 1. The number of carbonyl (C=O) groups is 3. The number of rotatable bonds is 8. The summed E-state index contributed by atoms with van der Waals surface area (Å²) in [6.45, 7) is 3.43. The third-order valence-electron chi connectivity index (χ3n) is 2.76. The Morgan fingerprint density at radius 3 is 2.42 bits per heavy atom. The number of carbonyl (C=O) groups excluding carboxylic acids is 2. The lowest BCUT2D eigenvalue weighted by Crippen LogP contribution is -2.55. The SMILES string of the molecule is CCCC(C)(N)C(=O)NC(CCC(=O)OC)C(=O)O. The summed E-state index contributed by atoms with van der Waals surface area (Å²) in [6.07, 6.45) is 1.04. The van der Waals surface area contributed by atoms with Crippen molar-refractivity contribution < 1.29 is 24.2 Å². The van der Waals surface area contributed by atoms with Crippen LogP contribution in [0.1, 0.15) is 39.5 Å². The summed E-state index contributed by atoms with van der Waals surface area (Å²) >= 11 is 0. The highest BCUT2D eigenvalue weighted by molar-refractivity contribution is 5.89. The number of aliphatic carboxylic acids is 1. The molecule has 0 saturated carbocycles. The summed E-state index contributed by atoms with van der Waals surface area (Å²) in [5.41, 5.74) is 4.69. The summed E-state index contributed by atoms with van der Waals surface area (Å²) in [6, 6.07) is -1.15. The lowest BCUT2D eigenvalue weighted by Gasteiger charge is -2.25. The third kappa shape index (κ3) is 6.19. The van der Waals surface area contributed by atoms with E-state index in [-0.39, 0.29) is 12.8 Å². The molecular formula is C12H22N2O5. The second-order valence-electron chi connectivity index (χ2n) is 4.65. The molecule has 4 N–H and O–H groups in total. The minimum absolute atomic E-state index is 0.0318. The second kappa shape index (κ2) is 7.73. The lowest BCUT2D eigenvalue weighted by atomic mass is 9.96. The van der Waals surface area contributed by atoms with Crippen LogP contribution in [0.4, 0.5) is 0 Å². The van der Waals surface area contributed by atoms with Gasteiger partial charge in [0.2, 0.25) is 5.91 Å². The van der Waals surface area contributed by atoms with Gasteiger partial charge < -0.3 is 20.9 Å². The fraction of sp³-hybridized carbons (Fsp3) is 0.750. The normalized spacial score (nSPS) is 15.2. The van der Waals surface area contributed by atoms with Gasteiger partial charge in [-0.3, -0.25) is 9.59 Å². The van der Waals surface area contributed by atoms with Gasteiger partial charge in [-0.2, -0.15) is 0 Å². The molecule has 0 fully saturated rings. The predicted molar refractivity (Wildman–Crippen MR) is 68.3 cm³/mol. The first kappa shape index (κ1) is 17.4. The topological polar surface area (TPSA) is 119 Å². The maximum absolute atomic E-state index is 11.9. The monoisotopic (exact) mass is 274 g/mol.